The molecule has 0 radical (unpaired) electrons. The van der Waals surface area contributed by atoms with E-state index in [1.807, 2.05) is 6.92 Å². The van der Waals surface area contributed by atoms with Gasteiger partial charge in [0, 0.05) is 5.92 Å². The summed E-state index contributed by atoms with van der Waals surface area (Å²) in [5, 5.41) is 0. The lowest BCUT2D eigenvalue weighted by Crippen LogP contribution is -2.21. The molecule has 23 heavy (non-hydrogen) atoms. The van der Waals surface area contributed by atoms with Gasteiger partial charge in [-0.1, -0.05) is 6.92 Å². The number of hydrogen-bond donors (Lipinski definition) is 3. The summed E-state index contributed by atoms with van der Waals surface area (Å²) in [5.41, 5.74) is 12.1. The molecule has 0 fully saturated rings. The number of hydrogen-bond acceptors (Lipinski definition) is 7. The van der Waals surface area contributed by atoms with Crippen molar-refractivity contribution in [3.05, 3.63) is 33.6 Å². The predicted molar refractivity (Wildman–Crippen MR) is 87.3 cm³/mol. The van der Waals surface area contributed by atoms with Gasteiger partial charge in [-0.05, 0) is 17.7 Å². The van der Waals surface area contributed by atoms with E-state index in [0.717, 1.165) is 5.56 Å². The molecule has 1 atom stereocenters. The van der Waals surface area contributed by atoms with E-state index in [1.165, 1.54) is 21.3 Å². The van der Waals surface area contributed by atoms with E-state index in [-0.39, 0.29) is 23.2 Å². The van der Waals surface area contributed by atoms with Crippen LogP contribution in [0.3, 0.4) is 0 Å². The number of benzene rings is 1. The third-order valence-corrected chi connectivity index (χ3v) is 3.62. The number of nitrogens with one attached hydrogen (secondary N) is 1. The molecule has 0 saturated heterocycles. The second-order valence-electron chi connectivity index (χ2n) is 4.93. The molecule has 0 saturated carbocycles. The van der Waals surface area contributed by atoms with E-state index < -0.39 is 0 Å². The van der Waals surface area contributed by atoms with Crippen molar-refractivity contribution < 1.29 is 14.2 Å². The molecule has 1 unspecified atom stereocenters. The van der Waals surface area contributed by atoms with Crippen LogP contribution in [0.4, 0.5) is 11.8 Å². The summed E-state index contributed by atoms with van der Waals surface area (Å²) in [4.78, 5) is 18.5. The van der Waals surface area contributed by atoms with Crippen LogP contribution in [0.25, 0.3) is 0 Å². The Kier molecular flexibility index (Phi) is 4.63. The second kappa shape index (κ2) is 6.47. The number of aromatic amines is 1. The third-order valence-electron chi connectivity index (χ3n) is 3.62. The Balaban J connectivity index is 2.60. The van der Waals surface area contributed by atoms with E-state index in [9.17, 15) is 4.79 Å². The minimum Gasteiger partial charge on any atom is -0.493 e. The van der Waals surface area contributed by atoms with Gasteiger partial charge in [0.2, 0.25) is 11.7 Å². The first-order valence-corrected chi connectivity index (χ1v) is 6.88. The molecule has 5 N–H and O–H groups in total. The molecular weight excluding hydrogens is 300 g/mol. The maximum Gasteiger partial charge on any atom is 0.258 e. The summed E-state index contributed by atoms with van der Waals surface area (Å²) < 4.78 is 15.9. The summed E-state index contributed by atoms with van der Waals surface area (Å²) >= 11 is 0. The SMILES string of the molecule is COc1cc(C(C)c2c(N)nc(N)[nH]c2=O)cc(OC)c1OC. The highest BCUT2D eigenvalue weighted by Gasteiger charge is 2.21. The van der Waals surface area contributed by atoms with Crippen LogP contribution in [0.2, 0.25) is 0 Å². The van der Waals surface area contributed by atoms with Crippen LogP contribution in [-0.2, 0) is 0 Å². The molecule has 124 valence electrons. The number of nitrogens with zero attached hydrogens (tertiary/aromatic N) is 1. The topological polar surface area (TPSA) is 125 Å². The predicted octanol–water partition coefficient (Wildman–Crippen LogP) is 1.11. The molecule has 0 aliphatic heterocycles. The smallest absolute Gasteiger partial charge is 0.258 e. The van der Waals surface area contributed by atoms with Crippen LogP contribution < -0.4 is 31.2 Å². The maximum atomic E-state index is 12.2. The fraction of sp³-hybridized carbons (Fsp3) is 0.333. The van der Waals surface area contributed by atoms with E-state index in [4.69, 9.17) is 25.7 Å². The fourth-order valence-corrected chi connectivity index (χ4v) is 2.45. The van der Waals surface area contributed by atoms with Crippen molar-refractivity contribution in [2.75, 3.05) is 32.8 Å². The van der Waals surface area contributed by atoms with Crippen LogP contribution in [0.1, 0.15) is 24.0 Å². The van der Waals surface area contributed by atoms with Gasteiger partial charge in [0.05, 0.1) is 26.9 Å². The molecule has 1 aromatic heterocycles. The Labute approximate surface area is 133 Å². The van der Waals surface area contributed by atoms with Crippen molar-refractivity contribution >= 4 is 11.8 Å². The lowest BCUT2D eigenvalue weighted by molar-refractivity contribution is 0.323. The normalized spacial score (nSPS) is 11.8. The Morgan fingerprint density at radius 3 is 2.09 bits per heavy atom. The summed E-state index contributed by atoms with van der Waals surface area (Å²) in [6.07, 6.45) is 0. The zero-order valence-electron chi connectivity index (χ0n) is 13.5. The van der Waals surface area contributed by atoms with Crippen LogP contribution in [0.15, 0.2) is 16.9 Å². The highest BCUT2D eigenvalue weighted by Crippen LogP contribution is 2.41. The Hall–Kier alpha value is -2.90. The molecule has 8 nitrogen and oxygen atoms in total. The van der Waals surface area contributed by atoms with Gasteiger partial charge in [0.15, 0.2) is 11.5 Å². The van der Waals surface area contributed by atoms with Crippen molar-refractivity contribution in [3.63, 3.8) is 0 Å². The zero-order chi connectivity index (χ0) is 17.1. The minimum atomic E-state index is -0.378. The van der Waals surface area contributed by atoms with Crippen LogP contribution in [0.5, 0.6) is 17.2 Å². The quantitative estimate of drug-likeness (QED) is 0.753. The number of ether oxygens (including phenoxy) is 3. The van der Waals surface area contributed by atoms with Crippen molar-refractivity contribution in [2.24, 2.45) is 0 Å². The standard InChI is InChI=1S/C15H20N4O4/c1-7(11-13(16)18-15(17)19-14(11)20)8-5-9(21-2)12(23-4)10(6-8)22-3/h5-7H,1-4H3,(H5,16,17,18,19,20). The summed E-state index contributed by atoms with van der Waals surface area (Å²) in [6, 6.07) is 3.53. The first kappa shape index (κ1) is 16.5. The number of nitrogen functional groups attached to an aromatic ring is 2. The Morgan fingerprint density at radius 2 is 1.65 bits per heavy atom. The third kappa shape index (κ3) is 3.01. The van der Waals surface area contributed by atoms with Gasteiger partial charge in [0.1, 0.15) is 5.82 Å². The van der Waals surface area contributed by atoms with Gasteiger partial charge in [-0.25, -0.2) is 0 Å². The van der Waals surface area contributed by atoms with E-state index in [0.29, 0.717) is 22.8 Å². The number of anilines is 2. The molecule has 0 bridgehead atoms. The highest BCUT2D eigenvalue weighted by molar-refractivity contribution is 5.57. The van der Waals surface area contributed by atoms with Gasteiger partial charge in [0.25, 0.3) is 5.56 Å². The maximum absolute atomic E-state index is 12.2. The number of H-pyrrole nitrogens is 1. The molecule has 2 rings (SSSR count). The minimum absolute atomic E-state index is 0.0201. The molecule has 0 aliphatic carbocycles. The van der Waals surface area contributed by atoms with E-state index in [1.54, 1.807) is 12.1 Å². The summed E-state index contributed by atoms with van der Waals surface area (Å²) in [5.74, 6) is 1.18. The van der Waals surface area contributed by atoms with Crippen molar-refractivity contribution in [1.82, 2.24) is 9.97 Å². The largest absolute Gasteiger partial charge is 0.493 e. The Morgan fingerprint density at radius 1 is 1.09 bits per heavy atom. The Bertz CT molecular complexity index is 748. The number of nitrogens with two attached hydrogens (primary N) is 2. The summed E-state index contributed by atoms with van der Waals surface area (Å²) in [6.45, 7) is 1.83. The van der Waals surface area contributed by atoms with Gasteiger partial charge < -0.3 is 25.7 Å². The average Bonchev–Trinajstić information content (AvgIpc) is 2.52. The number of rotatable bonds is 5. The lowest BCUT2D eigenvalue weighted by Gasteiger charge is -2.18. The molecular formula is C15H20N4O4. The second-order valence-corrected chi connectivity index (χ2v) is 4.93. The molecule has 8 heteroatoms. The molecule has 1 heterocycles. The number of methoxy groups -OCH3 is 3. The van der Waals surface area contributed by atoms with Crippen molar-refractivity contribution in [3.8, 4) is 17.2 Å². The molecule has 0 spiro atoms. The van der Waals surface area contributed by atoms with Crippen LogP contribution in [-0.4, -0.2) is 31.3 Å². The average molecular weight is 320 g/mol. The van der Waals surface area contributed by atoms with Gasteiger partial charge in [-0.2, -0.15) is 4.98 Å². The first-order chi connectivity index (χ1) is 10.9. The van der Waals surface area contributed by atoms with Gasteiger partial charge in [-0.15, -0.1) is 0 Å². The van der Waals surface area contributed by atoms with Gasteiger partial charge >= 0.3 is 0 Å². The number of aromatic nitrogens is 2. The molecule has 1 aromatic carbocycles. The fourth-order valence-electron chi connectivity index (χ4n) is 2.45. The summed E-state index contributed by atoms with van der Waals surface area (Å²) in [7, 11) is 4.57. The van der Waals surface area contributed by atoms with Crippen molar-refractivity contribution in [2.45, 2.75) is 12.8 Å². The van der Waals surface area contributed by atoms with E-state index in [2.05, 4.69) is 9.97 Å². The zero-order valence-corrected chi connectivity index (χ0v) is 13.5. The first-order valence-electron chi connectivity index (χ1n) is 6.88. The van der Waals surface area contributed by atoms with Crippen LogP contribution in [0, 0.1) is 0 Å². The van der Waals surface area contributed by atoms with E-state index >= 15 is 0 Å². The molecule has 2 aromatic rings. The highest BCUT2D eigenvalue weighted by atomic mass is 16.5. The molecule has 0 aliphatic rings. The lowest BCUT2D eigenvalue weighted by atomic mass is 9.93. The molecule has 0 amide bonds. The van der Waals surface area contributed by atoms with Crippen molar-refractivity contribution in [1.29, 1.82) is 0 Å². The van der Waals surface area contributed by atoms with Gasteiger partial charge in [-0.3, -0.25) is 9.78 Å². The van der Waals surface area contributed by atoms with Crippen LogP contribution >= 0.6 is 0 Å². The monoisotopic (exact) mass is 320 g/mol.